The Balaban J connectivity index is 1.93. The number of nitrogens with one attached hydrogen (secondary N) is 2. The lowest BCUT2D eigenvalue weighted by Gasteiger charge is -2.14. The first kappa shape index (κ1) is 19.6. The minimum atomic E-state index is -3.44. The lowest BCUT2D eigenvalue weighted by atomic mass is 10.1. The zero-order chi connectivity index (χ0) is 20.5. The number of anilines is 2. The summed E-state index contributed by atoms with van der Waals surface area (Å²) in [6, 6.07) is 14.2. The van der Waals surface area contributed by atoms with Gasteiger partial charge in [-0.05, 0) is 56.7 Å². The molecule has 1 heterocycles. The summed E-state index contributed by atoms with van der Waals surface area (Å²) in [5.41, 5.74) is 4.65. The lowest BCUT2D eigenvalue weighted by molar-refractivity contribution is 0.102. The van der Waals surface area contributed by atoms with Crippen molar-refractivity contribution in [3.05, 3.63) is 71.0 Å². The zero-order valence-corrected chi connectivity index (χ0v) is 17.0. The molecule has 0 aliphatic heterocycles. The number of rotatable bonds is 5. The van der Waals surface area contributed by atoms with E-state index in [0.29, 0.717) is 16.9 Å². The zero-order valence-electron chi connectivity index (χ0n) is 16.1. The summed E-state index contributed by atoms with van der Waals surface area (Å²) in [7, 11) is -3.44. The summed E-state index contributed by atoms with van der Waals surface area (Å²) in [5, 5.41) is 7.37. The topological polar surface area (TPSA) is 93.1 Å². The molecule has 0 unspecified atom stereocenters. The standard InChI is InChI=1S/C20H22N4O3S/c1-13-9-10-16(12-18(13)23-28(4,26)27)20(25)21-17-7-5-6-8-19(17)24-15(3)11-14(2)22-24/h5-12,23H,1-4H3,(H,21,25). The van der Waals surface area contributed by atoms with E-state index in [1.807, 2.05) is 38.1 Å². The van der Waals surface area contributed by atoms with Crippen molar-refractivity contribution in [3.63, 3.8) is 0 Å². The van der Waals surface area contributed by atoms with Crippen LogP contribution < -0.4 is 10.0 Å². The molecule has 2 N–H and O–H groups in total. The quantitative estimate of drug-likeness (QED) is 0.689. The highest BCUT2D eigenvalue weighted by Gasteiger charge is 2.14. The molecule has 28 heavy (non-hydrogen) atoms. The minimum Gasteiger partial charge on any atom is -0.320 e. The van der Waals surface area contributed by atoms with Crippen molar-refractivity contribution in [2.75, 3.05) is 16.3 Å². The Bertz CT molecular complexity index is 1150. The van der Waals surface area contributed by atoms with Crippen LogP contribution in [0.15, 0.2) is 48.5 Å². The molecular formula is C20H22N4O3S. The number of carbonyl (C=O) groups excluding carboxylic acids is 1. The van der Waals surface area contributed by atoms with Gasteiger partial charge in [-0.3, -0.25) is 9.52 Å². The maximum Gasteiger partial charge on any atom is 0.255 e. The first-order valence-electron chi connectivity index (χ1n) is 8.66. The average Bonchev–Trinajstić information content (AvgIpc) is 2.94. The Labute approximate surface area is 164 Å². The van der Waals surface area contributed by atoms with Gasteiger partial charge in [0.1, 0.15) is 0 Å². The molecule has 0 spiro atoms. The van der Waals surface area contributed by atoms with Crippen molar-refractivity contribution in [2.24, 2.45) is 0 Å². The average molecular weight is 398 g/mol. The van der Waals surface area contributed by atoms with Gasteiger partial charge in [-0.15, -0.1) is 0 Å². The van der Waals surface area contributed by atoms with Gasteiger partial charge in [0, 0.05) is 11.3 Å². The third-order valence-electron chi connectivity index (χ3n) is 4.19. The molecule has 1 aromatic heterocycles. The smallest absolute Gasteiger partial charge is 0.255 e. The monoisotopic (exact) mass is 398 g/mol. The molecule has 2 aromatic carbocycles. The van der Waals surface area contributed by atoms with Crippen LogP contribution in [0, 0.1) is 20.8 Å². The molecular weight excluding hydrogens is 376 g/mol. The second kappa shape index (κ2) is 7.47. The van der Waals surface area contributed by atoms with Gasteiger partial charge >= 0.3 is 0 Å². The summed E-state index contributed by atoms with van der Waals surface area (Å²) in [5.74, 6) is -0.342. The lowest BCUT2D eigenvalue weighted by Crippen LogP contribution is -2.16. The largest absolute Gasteiger partial charge is 0.320 e. The summed E-state index contributed by atoms with van der Waals surface area (Å²) < 4.78 is 27.3. The number of sulfonamides is 1. The van der Waals surface area contributed by atoms with Crippen molar-refractivity contribution in [2.45, 2.75) is 20.8 Å². The molecule has 0 bridgehead atoms. The van der Waals surface area contributed by atoms with Gasteiger partial charge in [-0.1, -0.05) is 18.2 Å². The fourth-order valence-electron chi connectivity index (χ4n) is 2.90. The first-order chi connectivity index (χ1) is 13.1. The maximum atomic E-state index is 12.8. The Morgan fingerprint density at radius 1 is 1.00 bits per heavy atom. The van der Waals surface area contributed by atoms with Crippen LogP contribution in [-0.4, -0.2) is 30.4 Å². The Morgan fingerprint density at radius 2 is 1.71 bits per heavy atom. The predicted octanol–water partition coefficient (Wildman–Crippen LogP) is 3.42. The van der Waals surface area contributed by atoms with Gasteiger partial charge in [-0.25, -0.2) is 13.1 Å². The number of aromatic nitrogens is 2. The number of nitrogens with zero attached hydrogens (tertiary/aromatic N) is 2. The molecule has 8 heteroatoms. The van der Waals surface area contributed by atoms with E-state index in [4.69, 9.17) is 0 Å². The molecule has 3 rings (SSSR count). The van der Waals surface area contributed by atoms with Gasteiger partial charge in [0.2, 0.25) is 10.0 Å². The summed E-state index contributed by atoms with van der Waals surface area (Å²) in [6.45, 7) is 5.63. The van der Waals surface area contributed by atoms with Crippen LogP contribution in [0.4, 0.5) is 11.4 Å². The summed E-state index contributed by atoms with van der Waals surface area (Å²) in [6.07, 6.45) is 1.07. The van der Waals surface area contributed by atoms with Crippen molar-refractivity contribution in [1.29, 1.82) is 0 Å². The number of benzene rings is 2. The maximum absolute atomic E-state index is 12.8. The van der Waals surface area contributed by atoms with Crippen molar-refractivity contribution >= 4 is 27.3 Å². The fourth-order valence-corrected chi connectivity index (χ4v) is 3.52. The highest BCUT2D eigenvalue weighted by molar-refractivity contribution is 7.92. The van der Waals surface area contributed by atoms with Crippen LogP contribution in [0.1, 0.15) is 27.3 Å². The van der Waals surface area contributed by atoms with Crippen LogP contribution in [0.3, 0.4) is 0 Å². The van der Waals surface area contributed by atoms with Gasteiger partial charge in [0.15, 0.2) is 0 Å². The number of hydrogen-bond donors (Lipinski definition) is 2. The van der Waals surface area contributed by atoms with Gasteiger partial charge in [0.25, 0.3) is 5.91 Å². The van der Waals surface area contributed by atoms with E-state index in [1.165, 1.54) is 6.07 Å². The van der Waals surface area contributed by atoms with Gasteiger partial charge in [0.05, 0.1) is 29.0 Å². The first-order valence-corrected chi connectivity index (χ1v) is 10.6. The van der Waals surface area contributed by atoms with E-state index >= 15 is 0 Å². The Hall–Kier alpha value is -3.13. The van der Waals surface area contributed by atoms with Crippen LogP contribution in [0.5, 0.6) is 0 Å². The second-order valence-electron chi connectivity index (χ2n) is 6.71. The molecule has 0 radical (unpaired) electrons. The van der Waals surface area contributed by atoms with Crippen LogP contribution in [0.25, 0.3) is 5.69 Å². The summed E-state index contributed by atoms with van der Waals surface area (Å²) >= 11 is 0. The third-order valence-corrected chi connectivity index (χ3v) is 4.78. The molecule has 1 amide bonds. The van der Waals surface area contributed by atoms with Gasteiger partial charge in [-0.2, -0.15) is 5.10 Å². The van der Waals surface area contributed by atoms with E-state index in [9.17, 15) is 13.2 Å². The fraction of sp³-hybridized carbons (Fsp3) is 0.200. The predicted molar refractivity (Wildman–Crippen MR) is 111 cm³/mol. The minimum absolute atomic E-state index is 0.342. The second-order valence-corrected chi connectivity index (χ2v) is 8.46. The molecule has 0 saturated carbocycles. The molecule has 146 valence electrons. The van der Waals surface area contributed by atoms with E-state index in [1.54, 1.807) is 29.8 Å². The number of hydrogen-bond acceptors (Lipinski definition) is 4. The van der Waals surface area contributed by atoms with Gasteiger partial charge < -0.3 is 5.32 Å². The Kier molecular flexibility index (Phi) is 5.24. The Morgan fingerprint density at radius 3 is 2.36 bits per heavy atom. The molecule has 7 nitrogen and oxygen atoms in total. The van der Waals surface area contributed by atoms with E-state index in [0.717, 1.165) is 28.9 Å². The number of aryl methyl sites for hydroxylation is 3. The molecule has 0 atom stereocenters. The van der Waals surface area contributed by atoms with Crippen LogP contribution >= 0.6 is 0 Å². The highest BCUT2D eigenvalue weighted by Crippen LogP contribution is 2.23. The van der Waals surface area contributed by atoms with Crippen LogP contribution in [-0.2, 0) is 10.0 Å². The number of amides is 1. The number of carbonyl (C=O) groups is 1. The molecule has 0 aliphatic carbocycles. The molecule has 0 fully saturated rings. The highest BCUT2D eigenvalue weighted by atomic mass is 32.2. The number of para-hydroxylation sites is 2. The summed E-state index contributed by atoms with van der Waals surface area (Å²) in [4.78, 5) is 12.8. The van der Waals surface area contributed by atoms with E-state index < -0.39 is 10.0 Å². The molecule has 0 aliphatic rings. The van der Waals surface area contributed by atoms with E-state index in [-0.39, 0.29) is 5.91 Å². The third kappa shape index (κ3) is 4.40. The van der Waals surface area contributed by atoms with Crippen molar-refractivity contribution in [1.82, 2.24) is 9.78 Å². The van der Waals surface area contributed by atoms with Crippen LogP contribution in [0.2, 0.25) is 0 Å². The normalized spacial score (nSPS) is 11.3. The SMILES string of the molecule is Cc1cc(C)n(-c2ccccc2NC(=O)c2ccc(C)c(NS(C)(=O)=O)c2)n1. The molecule has 3 aromatic rings. The van der Waals surface area contributed by atoms with Crippen molar-refractivity contribution < 1.29 is 13.2 Å². The molecule has 0 saturated heterocycles. The van der Waals surface area contributed by atoms with Crippen molar-refractivity contribution in [3.8, 4) is 5.69 Å². The van der Waals surface area contributed by atoms with E-state index in [2.05, 4.69) is 15.1 Å².